The summed E-state index contributed by atoms with van der Waals surface area (Å²) >= 11 is 0. The molecule has 0 fully saturated rings. The molecule has 11 heteroatoms. The number of aliphatic hydroxyl groups is 2. The van der Waals surface area contributed by atoms with E-state index in [9.17, 15) is 19.0 Å². The summed E-state index contributed by atoms with van der Waals surface area (Å²) in [5, 5.41) is 17.8. The zero-order valence-corrected chi connectivity index (χ0v) is 16.8. The number of hydrogen-bond donors (Lipinski definition) is 3. The third-order valence-corrected chi connectivity index (χ3v) is 4.27. The molecule has 0 bridgehead atoms. The summed E-state index contributed by atoms with van der Waals surface area (Å²) in [4.78, 5) is 32.3. The highest BCUT2D eigenvalue weighted by atomic mass is 31.2. The maximum atomic E-state index is 11.9. The average Bonchev–Trinajstić information content (AvgIpc) is 2.61. The molecule has 0 aliphatic rings. The summed E-state index contributed by atoms with van der Waals surface area (Å²) in [6.07, 6.45) is 2.51. The fourth-order valence-electron chi connectivity index (χ4n) is 1.89. The molecule has 0 aromatic carbocycles. The first-order valence-corrected chi connectivity index (χ1v) is 10.4. The van der Waals surface area contributed by atoms with Crippen LogP contribution in [0.5, 0.6) is 0 Å². The highest BCUT2D eigenvalue weighted by Crippen LogP contribution is 2.43. The van der Waals surface area contributed by atoms with Crippen molar-refractivity contribution in [3.8, 4) is 0 Å². The van der Waals surface area contributed by atoms with Gasteiger partial charge in [0.1, 0.15) is 12.7 Å². The van der Waals surface area contributed by atoms with Crippen LogP contribution in [-0.4, -0.2) is 65.7 Å². The molecule has 0 saturated heterocycles. The van der Waals surface area contributed by atoms with E-state index >= 15 is 0 Å². The number of hydrogen-bond acceptors (Lipinski definition) is 9. The van der Waals surface area contributed by atoms with E-state index in [1.807, 2.05) is 0 Å². The molecule has 3 atom stereocenters. The van der Waals surface area contributed by atoms with Gasteiger partial charge in [-0.2, -0.15) is 0 Å². The Kier molecular flexibility index (Phi) is 14.4. The lowest BCUT2D eigenvalue weighted by molar-refractivity contribution is -0.160. The Hall–Kier alpha value is -1.03. The Balaban J connectivity index is 4.42. The zero-order chi connectivity index (χ0) is 20.7. The number of esters is 2. The van der Waals surface area contributed by atoms with Crippen LogP contribution >= 0.6 is 7.82 Å². The molecule has 0 saturated carbocycles. The Morgan fingerprint density at radius 1 is 1.04 bits per heavy atom. The summed E-state index contributed by atoms with van der Waals surface area (Å²) in [5.74, 6) is -1.14. The maximum Gasteiger partial charge on any atom is 0.472 e. The first-order chi connectivity index (χ1) is 12.7. The average molecular weight is 414 g/mol. The Morgan fingerprint density at radius 3 is 2.26 bits per heavy atom. The van der Waals surface area contributed by atoms with Crippen LogP contribution in [-0.2, 0) is 32.7 Å². The predicted octanol–water partition coefficient (Wildman–Crippen LogP) is 1.31. The summed E-state index contributed by atoms with van der Waals surface area (Å²) in [7, 11) is -4.54. The maximum absolute atomic E-state index is 11.9. The molecule has 0 aliphatic heterocycles. The van der Waals surface area contributed by atoms with Crippen LogP contribution in [0, 0.1) is 0 Å². The van der Waals surface area contributed by atoms with Crippen molar-refractivity contribution in [2.75, 3.05) is 26.4 Å². The minimum Gasteiger partial charge on any atom is -0.462 e. The highest BCUT2D eigenvalue weighted by Gasteiger charge is 2.26. The van der Waals surface area contributed by atoms with Gasteiger partial charge in [0, 0.05) is 13.3 Å². The third-order valence-electron chi connectivity index (χ3n) is 3.32. The van der Waals surface area contributed by atoms with Crippen molar-refractivity contribution in [2.45, 2.75) is 64.6 Å². The Bertz CT molecular complexity index is 470. The number of phosphoric acid groups is 1. The van der Waals surface area contributed by atoms with Gasteiger partial charge in [-0.1, -0.05) is 32.6 Å². The summed E-state index contributed by atoms with van der Waals surface area (Å²) < 4.78 is 30.8. The van der Waals surface area contributed by atoms with Crippen LogP contribution in [0.4, 0.5) is 0 Å². The van der Waals surface area contributed by atoms with Crippen LogP contribution in [0.15, 0.2) is 0 Å². The fourth-order valence-corrected chi connectivity index (χ4v) is 2.68. The third kappa shape index (κ3) is 15.7. The van der Waals surface area contributed by atoms with Crippen LogP contribution in [0.3, 0.4) is 0 Å². The number of unbranched alkanes of at least 4 members (excludes halogenated alkanes) is 4. The molecule has 0 aliphatic carbocycles. The van der Waals surface area contributed by atoms with Crippen LogP contribution in [0.2, 0.25) is 0 Å². The van der Waals surface area contributed by atoms with E-state index in [2.05, 4.69) is 11.4 Å². The van der Waals surface area contributed by atoms with E-state index in [4.69, 9.17) is 24.2 Å². The zero-order valence-electron chi connectivity index (χ0n) is 15.9. The van der Waals surface area contributed by atoms with Gasteiger partial charge < -0.3 is 24.6 Å². The second-order valence-corrected chi connectivity index (χ2v) is 7.43. The van der Waals surface area contributed by atoms with Gasteiger partial charge in [0.15, 0.2) is 6.10 Å². The second kappa shape index (κ2) is 15.0. The molecular weight excluding hydrogens is 383 g/mol. The molecule has 0 spiro atoms. The van der Waals surface area contributed by atoms with E-state index in [0.717, 1.165) is 25.7 Å². The number of carbonyl (C=O) groups excluding carboxylic acids is 2. The van der Waals surface area contributed by atoms with Gasteiger partial charge in [-0.15, -0.1) is 0 Å². The van der Waals surface area contributed by atoms with Gasteiger partial charge in [0.25, 0.3) is 0 Å². The van der Waals surface area contributed by atoms with Gasteiger partial charge in [0.2, 0.25) is 0 Å². The summed E-state index contributed by atoms with van der Waals surface area (Å²) in [6, 6.07) is 0. The van der Waals surface area contributed by atoms with Crippen LogP contribution in [0.1, 0.15) is 52.4 Å². The summed E-state index contributed by atoms with van der Waals surface area (Å²) in [5.41, 5.74) is 0. The van der Waals surface area contributed by atoms with Crippen LogP contribution in [0.25, 0.3) is 0 Å². The number of carbonyl (C=O) groups is 2. The van der Waals surface area contributed by atoms with Crippen LogP contribution < -0.4 is 0 Å². The molecule has 0 aromatic heterocycles. The lowest BCUT2D eigenvalue weighted by atomic mass is 10.1. The molecule has 10 nitrogen and oxygen atoms in total. The van der Waals surface area contributed by atoms with Crippen molar-refractivity contribution in [2.24, 2.45) is 0 Å². The number of aliphatic hydroxyl groups excluding tert-OH is 2. The molecule has 0 rings (SSSR count). The molecule has 27 heavy (non-hydrogen) atoms. The number of rotatable bonds is 16. The van der Waals surface area contributed by atoms with Crippen molar-refractivity contribution in [3.05, 3.63) is 0 Å². The SMILES string of the molecule is CCCCCCCC(=O)OC(COC(C)=O)COP(=O)(O)OCC(O)CO. The van der Waals surface area contributed by atoms with Gasteiger partial charge >= 0.3 is 19.8 Å². The number of ether oxygens (including phenoxy) is 2. The van der Waals surface area contributed by atoms with E-state index < -0.39 is 51.8 Å². The Labute approximate surface area is 159 Å². The molecule has 160 valence electrons. The van der Waals surface area contributed by atoms with E-state index in [1.165, 1.54) is 6.92 Å². The van der Waals surface area contributed by atoms with E-state index in [1.54, 1.807) is 0 Å². The molecular formula is C16H31O10P. The van der Waals surface area contributed by atoms with Crippen molar-refractivity contribution < 1.29 is 47.8 Å². The largest absolute Gasteiger partial charge is 0.472 e. The van der Waals surface area contributed by atoms with E-state index in [-0.39, 0.29) is 13.0 Å². The van der Waals surface area contributed by atoms with Gasteiger partial charge in [-0.25, -0.2) is 4.57 Å². The van der Waals surface area contributed by atoms with Gasteiger partial charge in [-0.3, -0.25) is 18.6 Å². The second-order valence-electron chi connectivity index (χ2n) is 5.98. The molecule has 0 aromatic rings. The van der Waals surface area contributed by atoms with Crippen molar-refractivity contribution in [3.63, 3.8) is 0 Å². The normalized spacial score (nSPS) is 15.6. The highest BCUT2D eigenvalue weighted by molar-refractivity contribution is 7.47. The van der Waals surface area contributed by atoms with Crippen molar-refractivity contribution >= 4 is 19.8 Å². The smallest absolute Gasteiger partial charge is 0.462 e. The number of phosphoric ester groups is 1. The van der Waals surface area contributed by atoms with E-state index in [0.29, 0.717) is 6.42 Å². The first-order valence-electron chi connectivity index (χ1n) is 8.93. The molecule has 3 unspecified atom stereocenters. The first kappa shape index (κ1) is 26.0. The van der Waals surface area contributed by atoms with Crippen molar-refractivity contribution in [1.29, 1.82) is 0 Å². The van der Waals surface area contributed by atoms with Gasteiger partial charge in [-0.05, 0) is 6.42 Å². The lowest BCUT2D eigenvalue weighted by Gasteiger charge is -2.20. The molecule has 0 heterocycles. The minimum atomic E-state index is -4.54. The van der Waals surface area contributed by atoms with Gasteiger partial charge in [0.05, 0.1) is 19.8 Å². The fraction of sp³-hybridized carbons (Fsp3) is 0.875. The summed E-state index contributed by atoms with van der Waals surface area (Å²) in [6.45, 7) is 1.11. The lowest BCUT2D eigenvalue weighted by Crippen LogP contribution is -2.29. The molecule has 0 radical (unpaired) electrons. The standard InChI is InChI=1S/C16H31O10P/c1-3-4-5-6-7-8-16(20)26-15(11-23-13(2)18)12-25-27(21,22)24-10-14(19)9-17/h14-15,17,19H,3-12H2,1-2H3,(H,21,22). The quantitative estimate of drug-likeness (QED) is 0.192. The van der Waals surface area contributed by atoms with Crippen molar-refractivity contribution in [1.82, 2.24) is 0 Å². The molecule has 0 amide bonds. The monoisotopic (exact) mass is 414 g/mol. The topological polar surface area (TPSA) is 149 Å². The minimum absolute atomic E-state index is 0.177. The predicted molar refractivity (Wildman–Crippen MR) is 94.7 cm³/mol. The Morgan fingerprint density at radius 2 is 1.67 bits per heavy atom. The molecule has 3 N–H and O–H groups in total.